The minimum Gasteiger partial charge on any atom is -0.462 e. The third kappa shape index (κ3) is 6.24. The Bertz CT molecular complexity index is 1130. The zero-order chi connectivity index (χ0) is 32.2. The zero-order valence-corrected chi connectivity index (χ0v) is 28.8. The van der Waals surface area contributed by atoms with Gasteiger partial charge in [-0.15, -0.1) is 0 Å². The van der Waals surface area contributed by atoms with Crippen LogP contribution in [0.5, 0.6) is 0 Å². The second-order valence-corrected chi connectivity index (χ2v) is 17.1. The number of carbonyl (C=O) groups is 4. The maximum Gasteiger partial charge on any atom is 0.410 e. The van der Waals surface area contributed by atoms with E-state index in [-0.39, 0.29) is 46.9 Å². The van der Waals surface area contributed by atoms with E-state index in [4.69, 9.17) is 9.47 Å². The molecule has 5 aliphatic rings. The molecule has 5 fully saturated rings. The van der Waals surface area contributed by atoms with E-state index in [9.17, 15) is 19.2 Å². The lowest BCUT2D eigenvalue weighted by Gasteiger charge is -2.61. The van der Waals surface area contributed by atoms with Gasteiger partial charge in [0.2, 0.25) is 0 Å². The topological polar surface area (TPSA) is 90.0 Å². The number of esters is 1. The van der Waals surface area contributed by atoms with Crippen LogP contribution in [-0.4, -0.2) is 52.8 Å². The smallest absolute Gasteiger partial charge is 0.410 e. The van der Waals surface area contributed by atoms with Gasteiger partial charge in [0, 0.05) is 18.9 Å². The van der Waals surface area contributed by atoms with Crippen LogP contribution < -0.4 is 0 Å². The van der Waals surface area contributed by atoms with Crippen LogP contribution in [0.1, 0.15) is 132 Å². The molecule has 4 saturated carbocycles. The third-order valence-corrected chi connectivity index (χ3v) is 13.2. The minimum absolute atomic E-state index is 0.0334. The maximum atomic E-state index is 13.6. The number of rotatable bonds is 7. The van der Waals surface area contributed by atoms with Gasteiger partial charge in [0.1, 0.15) is 17.5 Å². The number of nitrogens with zero attached hydrogens (tertiary/aromatic N) is 1. The van der Waals surface area contributed by atoms with Crippen molar-refractivity contribution in [3.63, 3.8) is 0 Å². The Balaban J connectivity index is 1.19. The Labute approximate surface area is 265 Å². The summed E-state index contributed by atoms with van der Waals surface area (Å²) in [7, 11) is 0. The molecule has 0 aromatic carbocycles. The zero-order valence-electron chi connectivity index (χ0n) is 28.8. The molecule has 1 heterocycles. The van der Waals surface area contributed by atoms with Crippen molar-refractivity contribution in [1.29, 1.82) is 0 Å². The molecule has 7 nitrogen and oxygen atoms in total. The summed E-state index contributed by atoms with van der Waals surface area (Å²) < 4.78 is 11.8. The van der Waals surface area contributed by atoms with Crippen molar-refractivity contribution in [3.8, 4) is 0 Å². The number of hydrogen-bond donors (Lipinski definition) is 0. The largest absolute Gasteiger partial charge is 0.462 e. The minimum atomic E-state index is -0.625. The second-order valence-electron chi connectivity index (χ2n) is 17.1. The van der Waals surface area contributed by atoms with E-state index < -0.39 is 23.7 Å². The van der Waals surface area contributed by atoms with Crippen molar-refractivity contribution in [1.82, 2.24) is 4.90 Å². The van der Waals surface area contributed by atoms with Crippen LogP contribution >= 0.6 is 0 Å². The molecule has 5 rings (SSSR count). The van der Waals surface area contributed by atoms with Gasteiger partial charge in [0.25, 0.3) is 0 Å². The van der Waals surface area contributed by atoms with Gasteiger partial charge < -0.3 is 9.47 Å². The van der Waals surface area contributed by atoms with Gasteiger partial charge in [-0.05, 0) is 139 Å². The normalized spacial score (nSPS) is 39.2. The molecule has 6 unspecified atom stereocenters. The molecule has 0 aromatic rings. The highest BCUT2D eigenvalue weighted by molar-refractivity contribution is 5.91. The average Bonchev–Trinajstić information content (AvgIpc) is 3.55. The Morgan fingerprint density at radius 1 is 0.886 bits per heavy atom. The van der Waals surface area contributed by atoms with Crippen LogP contribution in [0.15, 0.2) is 0 Å². The van der Waals surface area contributed by atoms with Gasteiger partial charge in [0.15, 0.2) is 5.78 Å². The van der Waals surface area contributed by atoms with Gasteiger partial charge in [0.05, 0.1) is 12.0 Å². The summed E-state index contributed by atoms with van der Waals surface area (Å²) in [6, 6.07) is -0.535. The van der Waals surface area contributed by atoms with Crippen molar-refractivity contribution in [2.75, 3.05) is 6.54 Å². The Kier molecular flexibility index (Phi) is 9.39. The molecule has 0 spiro atoms. The lowest BCUT2D eigenvalue weighted by Crippen LogP contribution is -2.54. The van der Waals surface area contributed by atoms with E-state index in [2.05, 4.69) is 13.8 Å². The number of fused-ring (bicyclic) bond motifs is 5. The highest BCUT2D eigenvalue weighted by Gasteiger charge is 2.61. The van der Waals surface area contributed by atoms with E-state index >= 15 is 0 Å². The summed E-state index contributed by atoms with van der Waals surface area (Å²) in [4.78, 5) is 53.9. The first-order valence-electron chi connectivity index (χ1n) is 17.8. The summed E-state index contributed by atoms with van der Waals surface area (Å²) in [5.74, 6) is 2.38. The van der Waals surface area contributed by atoms with Crippen molar-refractivity contribution in [2.24, 2.45) is 52.3 Å². The standard InChI is InChI=1S/C37H59NO6/c1-22(2)27(21-32(40)31-10-9-19-38(31)34(42)44-35(4,5)6)33(41)43-25-15-17-36(7)24(20-25)11-12-26-29-14-13-28(23(3)39)37(29,8)18-16-30(26)36/h22,24-31H,9-21H2,1-8H3/t24?,25?,26-,27?,28+,29?,30?,31?,36-,37+/m0/s1. The Morgan fingerprint density at radius 3 is 2.23 bits per heavy atom. The van der Waals surface area contributed by atoms with E-state index in [1.54, 1.807) is 11.8 Å². The molecule has 10 atom stereocenters. The fourth-order valence-electron chi connectivity index (χ4n) is 10.8. The summed E-state index contributed by atoms with van der Waals surface area (Å²) in [6.07, 6.45) is 10.9. The maximum absolute atomic E-state index is 13.6. The molecular weight excluding hydrogens is 554 g/mol. The van der Waals surface area contributed by atoms with E-state index in [1.807, 2.05) is 34.6 Å². The van der Waals surface area contributed by atoms with Crippen molar-refractivity contribution < 1.29 is 28.7 Å². The van der Waals surface area contributed by atoms with Crippen LogP contribution in [0.25, 0.3) is 0 Å². The molecule has 1 amide bonds. The molecule has 0 bridgehead atoms. The van der Waals surface area contributed by atoms with Crippen LogP contribution in [0.3, 0.4) is 0 Å². The first-order valence-corrected chi connectivity index (χ1v) is 17.8. The molecule has 0 aromatic heterocycles. The lowest BCUT2D eigenvalue weighted by atomic mass is 9.44. The first kappa shape index (κ1) is 33.4. The fourth-order valence-corrected chi connectivity index (χ4v) is 10.8. The van der Waals surface area contributed by atoms with Gasteiger partial charge in [-0.1, -0.05) is 27.7 Å². The van der Waals surface area contributed by atoms with E-state index in [0.29, 0.717) is 42.4 Å². The predicted molar refractivity (Wildman–Crippen MR) is 170 cm³/mol. The monoisotopic (exact) mass is 613 g/mol. The summed E-state index contributed by atoms with van der Waals surface area (Å²) >= 11 is 0. The van der Waals surface area contributed by atoms with Gasteiger partial charge >= 0.3 is 12.1 Å². The Hall–Kier alpha value is -1.92. The molecule has 1 saturated heterocycles. The average molecular weight is 614 g/mol. The lowest BCUT2D eigenvalue weighted by molar-refractivity contribution is -0.169. The molecule has 1 aliphatic heterocycles. The molecule has 0 N–H and O–H groups in total. The molecular formula is C37H59NO6. The first-order chi connectivity index (χ1) is 20.5. The van der Waals surface area contributed by atoms with Crippen LogP contribution in [0, 0.1) is 52.3 Å². The second kappa shape index (κ2) is 12.4. The highest BCUT2D eigenvalue weighted by atomic mass is 16.6. The van der Waals surface area contributed by atoms with E-state index in [0.717, 1.165) is 32.1 Å². The van der Waals surface area contributed by atoms with Crippen LogP contribution in [0.2, 0.25) is 0 Å². The molecule has 7 heteroatoms. The molecule has 44 heavy (non-hydrogen) atoms. The van der Waals surface area contributed by atoms with Crippen molar-refractivity contribution in [2.45, 2.75) is 150 Å². The number of amides is 1. The fraction of sp³-hybridized carbons (Fsp3) is 0.892. The third-order valence-electron chi connectivity index (χ3n) is 13.2. The van der Waals surface area contributed by atoms with Gasteiger partial charge in [-0.2, -0.15) is 0 Å². The number of carbonyl (C=O) groups excluding carboxylic acids is 4. The molecule has 0 radical (unpaired) electrons. The summed E-state index contributed by atoms with van der Waals surface area (Å²) in [5.41, 5.74) is -0.184. The van der Waals surface area contributed by atoms with Crippen LogP contribution in [0.4, 0.5) is 4.79 Å². The van der Waals surface area contributed by atoms with E-state index in [1.165, 1.54) is 32.1 Å². The van der Waals surface area contributed by atoms with Crippen LogP contribution in [-0.2, 0) is 23.9 Å². The number of ether oxygens (including phenoxy) is 2. The Morgan fingerprint density at radius 2 is 1.57 bits per heavy atom. The summed E-state index contributed by atoms with van der Waals surface area (Å²) in [6.45, 7) is 16.7. The highest BCUT2D eigenvalue weighted by Crippen LogP contribution is 2.67. The van der Waals surface area contributed by atoms with Crippen molar-refractivity contribution in [3.05, 3.63) is 0 Å². The number of likely N-dealkylation sites (tertiary alicyclic amines) is 1. The molecule has 4 aliphatic carbocycles. The van der Waals surface area contributed by atoms with Gasteiger partial charge in [-0.25, -0.2) is 4.79 Å². The number of ketones is 2. The van der Waals surface area contributed by atoms with Gasteiger partial charge in [-0.3, -0.25) is 19.3 Å². The SMILES string of the molecule is CC(=O)[C@H]1CCC2[C@@H]3CCC4CC(OC(=O)C(CC(=O)C5CCCN5C(=O)OC(C)(C)C)C(C)C)CC[C@]4(C)C3CC[C@@]21C. The summed E-state index contributed by atoms with van der Waals surface area (Å²) in [5, 5.41) is 0. The molecule has 248 valence electrons. The predicted octanol–water partition coefficient (Wildman–Crippen LogP) is 7.78. The number of hydrogen-bond acceptors (Lipinski definition) is 6. The quantitative estimate of drug-likeness (QED) is 0.273. The number of Topliss-reactive ketones (excluding diaryl/α,β-unsaturated/α-hetero) is 2. The van der Waals surface area contributed by atoms with Crippen molar-refractivity contribution >= 4 is 23.6 Å².